The molecule has 0 bridgehead atoms. The summed E-state index contributed by atoms with van der Waals surface area (Å²) in [5, 5.41) is 0.114. The fourth-order valence-electron chi connectivity index (χ4n) is 2.81. The van der Waals surface area contributed by atoms with Crippen molar-refractivity contribution in [2.45, 2.75) is 32.6 Å². The fraction of sp³-hybridized carbons (Fsp3) is 0.786. The summed E-state index contributed by atoms with van der Waals surface area (Å²) in [7, 11) is 0. The second kappa shape index (κ2) is 7.11. The molecular weight excluding hydrogens is 276 g/mol. The Bertz CT molecular complexity index is 400. The Kier molecular flexibility index (Phi) is 5.46. The molecule has 2 heterocycles. The number of hydrogen-bond acceptors (Lipinski definition) is 4. The second-order valence-corrected chi connectivity index (χ2v) is 6.75. The van der Waals surface area contributed by atoms with E-state index in [1.54, 1.807) is 6.92 Å². The summed E-state index contributed by atoms with van der Waals surface area (Å²) in [5.41, 5.74) is 0. The second-order valence-electron chi connectivity index (χ2n) is 5.55. The van der Waals surface area contributed by atoms with Gasteiger partial charge in [-0.2, -0.15) is 0 Å². The highest BCUT2D eigenvalue weighted by atomic mass is 32.2. The lowest BCUT2D eigenvalue weighted by atomic mass is 10.1. The van der Waals surface area contributed by atoms with Crippen LogP contribution in [-0.4, -0.2) is 58.7 Å². The maximum absolute atomic E-state index is 11.9. The average Bonchev–Trinajstić information content (AvgIpc) is 2.95. The van der Waals surface area contributed by atoms with Gasteiger partial charge in [-0.3, -0.25) is 14.4 Å². The molecule has 0 radical (unpaired) electrons. The summed E-state index contributed by atoms with van der Waals surface area (Å²) in [5.74, 6) is 1.47. The monoisotopic (exact) mass is 298 g/mol. The number of thioether (sulfide) groups is 1. The molecule has 2 fully saturated rings. The third-order valence-electron chi connectivity index (χ3n) is 3.84. The van der Waals surface area contributed by atoms with Gasteiger partial charge in [-0.15, -0.1) is 0 Å². The Morgan fingerprint density at radius 1 is 1.25 bits per heavy atom. The minimum Gasteiger partial charge on any atom is -0.343 e. The Morgan fingerprint density at radius 3 is 2.65 bits per heavy atom. The predicted molar refractivity (Wildman–Crippen MR) is 78.3 cm³/mol. The summed E-state index contributed by atoms with van der Waals surface area (Å²) in [4.78, 5) is 38.1. The number of rotatable bonds is 6. The first kappa shape index (κ1) is 15.4. The van der Waals surface area contributed by atoms with Crippen molar-refractivity contribution in [1.29, 1.82) is 0 Å². The summed E-state index contributed by atoms with van der Waals surface area (Å²) in [6, 6.07) is 0. The Morgan fingerprint density at radius 2 is 2.00 bits per heavy atom. The van der Waals surface area contributed by atoms with Crippen LogP contribution < -0.4 is 0 Å². The van der Waals surface area contributed by atoms with Crippen molar-refractivity contribution in [2.75, 3.05) is 31.9 Å². The normalized spacial score (nSPS) is 22.9. The number of nitrogens with zero attached hydrogens (tertiary/aromatic N) is 2. The van der Waals surface area contributed by atoms with E-state index >= 15 is 0 Å². The van der Waals surface area contributed by atoms with Crippen molar-refractivity contribution in [2.24, 2.45) is 5.92 Å². The smallest absolute Gasteiger partial charge is 0.222 e. The van der Waals surface area contributed by atoms with Crippen molar-refractivity contribution in [3.8, 4) is 0 Å². The third-order valence-corrected chi connectivity index (χ3v) is 4.89. The van der Waals surface area contributed by atoms with Gasteiger partial charge in [0.15, 0.2) is 5.12 Å². The highest BCUT2D eigenvalue weighted by molar-refractivity contribution is 8.13. The number of likely N-dealkylation sites (tertiary alicyclic amines) is 2. The Hall–Kier alpha value is -1.04. The van der Waals surface area contributed by atoms with E-state index in [1.165, 1.54) is 11.8 Å². The van der Waals surface area contributed by atoms with Crippen LogP contribution in [0.1, 0.15) is 32.6 Å². The molecule has 0 aromatic rings. The lowest BCUT2D eigenvalue weighted by Crippen LogP contribution is -2.31. The zero-order valence-corrected chi connectivity index (χ0v) is 12.8. The molecule has 0 spiro atoms. The lowest BCUT2D eigenvalue weighted by Gasteiger charge is -2.20. The number of hydrogen-bond donors (Lipinski definition) is 0. The lowest BCUT2D eigenvalue weighted by molar-refractivity contribution is -0.128. The summed E-state index contributed by atoms with van der Waals surface area (Å²) in [6.45, 7) is 4.67. The van der Waals surface area contributed by atoms with Crippen LogP contribution in [0.5, 0.6) is 0 Å². The van der Waals surface area contributed by atoms with E-state index in [2.05, 4.69) is 0 Å². The van der Waals surface area contributed by atoms with E-state index < -0.39 is 0 Å². The molecule has 5 nitrogen and oxygen atoms in total. The largest absolute Gasteiger partial charge is 0.343 e. The SMILES string of the molecule is CC(=O)SCC1CC(=O)N(CCCN2CCCC2=O)C1. The van der Waals surface area contributed by atoms with Crippen molar-refractivity contribution in [1.82, 2.24) is 9.80 Å². The van der Waals surface area contributed by atoms with Gasteiger partial charge in [0, 0.05) is 51.7 Å². The third kappa shape index (κ3) is 4.23. The van der Waals surface area contributed by atoms with E-state index in [-0.39, 0.29) is 16.9 Å². The molecule has 1 atom stereocenters. The number of carbonyl (C=O) groups excluding carboxylic acids is 3. The zero-order valence-electron chi connectivity index (χ0n) is 12.0. The molecular formula is C14H22N2O3S. The minimum absolute atomic E-state index is 0.114. The minimum atomic E-state index is 0.114. The van der Waals surface area contributed by atoms with Crippen molar-refractivity contribution in [3.05, 3.63) is 0 Å². The Balaban J connectivity index is 1.67. The van der Waals surface area contributed by atoms with Crippen molar-refractivity contribution in [3.63, 3.8) is 0 Å². The first-order chi connectivity index (χ1) is 9.56. The van der Waals surface area contributed by atoms with Crippen LogP contribution in [0.3, 0.4) is 0 Å². The van der Waals surface area contributed by atoms with Crippen LogP contribution in [0.25, 0.3) is 0 Å². The van der Waals surface area contributed by atoms with Gasteiger partial charge >= 0.3 is 0 Å². The van der Waals surface area contributed by atoms with Crippen molar-refractivity contribution < 1.29 is 14.4 Å². The molecule has 2 aliphatic heterocycles. The summed E-state index contributed by atoms with van der Waals surface area (Å²) < 4.78 is 0. The average molecular weight is 298 g/mol. The van der Waals surface area contributed by atoms with Crippen LogP contribution >= 0.6 is 11.8 Å². The van der Waals surface area contributed by atoms with E-state index in [9.17, 15) is 14.4 Å². The fourth-order valence-corrected chi connectivity index (χ4v) is 3.50. The first-order valence-electron chi connectivity index (χ1n) is 7.25. The van der Waals surface area contributed by atoms with Crippen LogP contribution in [0, 0.1) is 5.92 Å². The molecule has 0 aromatic heterocycles. The molecule has 2 amide bonds. The Labute approximate surface area is 124 Å². The van der Waals surface area contributed by atoms with Gasteiger partial charge in [0.05, 0.1) is 0 Å². The van der Waals surface area contributed by atoms with Gasteiger partial charge in [-0.25, -0.2) is 0 Å². The van der Waals surface area contributed by atoms with Gasteiger partial charge in [0.2, 0.25) is 11.8 Å². The summed E-state index contributed by atoms with van der Waals surface area (Å²) in [6.07, 6.45) is 3.05. The van der Waals surface area contributed by atoms with Crippen LogP contribution in [0.4, 0.5) is 0 Å². The summed E-state index contributed by atoms with van der Waals surface area (Å²) >= 11 is 1.31. The zero-order chi connectivity index (χ0) is 14.5. The molecule has 0 aliphatic carbocycles. The highest BCUT2D eigenvalue weighted by Gasteiger charge is 2.29. The van der Waals surface area contributed by atoms with E-state index in [0.717, 1.165) is 44.8 Å². The van der Waals surface area contributed by atoms with Gasteiger partial charge in [0.1, 0.15) is 0 Å². The molecule has 0 saturated carbocycles. The van der Waals surface area contributed by atoms with E-state index in [0.29, 0.717) is 18.8 Å². The number of carbonyl (C=O) groups is 3. The standard InChI is InChI=1S/C14H22N2O3S/c1-11(17)20-10-12-8-14(19)16(9-12)7-3-6-15-5-2-4-13(15)18/h12H,2-10H2,1H3. The topological polar surface area (TPSA) is 57.7 Å². The molecule has 112 valence electrons. The van der Waals surface area contributed by atoms with Crippen LogP contribution in [-0.2, 0) is 14.4 Å². The quantitative estimate of drug-likeness (QED) is 0.737. The molecule has 6 heteroatoms. The first-order valence-corrected chi connectivity index (χ1v) is 8.23. The molecule has 0 aromatic carbocycles. The highest BCUT2D eigenvalue weighted by Crippen LogP contribution is 2.22. The van der Waals surface area contributed by atoms with E-state index in [4.69, 9.17) is 0 Å². The molecule has 2 saturated heterocycles. The molecule has 2 aliphatic rings. The molecule has 20 heavy (non-hydrogen) atoms. The van der Waals surface area contributed by atoms with Gasteiger partial charge in [-0.05, 0) is 18.8 Å². The van der Waals surface area contributed by atoms with E-state index in [1.807, 2.05) is 9.80 Å². The van der Waals surface area contributed by atoms with Gasteiger partial charge in [-0.1, -0.05) is 11.8 Å². The molecule has 0 N–H and O–H groups in total. The molecule has 1 unspecified atom stereocenters. The maximum Gasteiger partial charge on any atom is 0.222 e. The molecule has 2 rings (SSSR count). The van der Waals surface area contributed by atoms with Crippen LogP contribution in [0.15, 0.2) is 0 Å². The van der Waals surface area contributed by atoms with Crippen LogP contribution in [0.2, 0.25) is 0 Å². The maximum atomic E-state index is 11.9. The van der Waals surface area contributed by atoms with Gasteiger partial charge in [0.25, 0.3) is 0 Å². The number of amides is 2. The van der Waals surface area contributed by atoms with Gasteiger partial charge < -0.3 is 9.80 Å². The van der Waals surface area contributed by atoms with Crippen molar-refractivity contribution >= 4 is 28.7 Å². The predicted octanol–water partition coefficient (Wildman–Crippen LogP) is 1.13.